The number of thioether (sulfide) groups is 1. The van der Waals surface area contributed by atoms with Gasteiger partial charge in [0.05, 0.1) is 11.4 Å². The van der Waals surface area contributed by atoms with Gasteiger partial charge in [0, 0.05) is 15.7 Å². The maximum atomic E-state index is 12.4. The van der Waals surface area contributed by atoms with Crippen LogP contribution in [0.2, 0.25) is 0 Å². The van der Waals surface area contributed by atoms with Gasteiger partial charge in [0.15, 0.2) is 16.8 Å². The van der Waals surface area contributed by atoms with Crippen LogP contribution in [0.4, 0.5) is 0 Å². The Hall–Kier alpha value is -2.89. The first kappa shape index (κ1) is 21.8. The van der Waals surface area contributed by atoms with Gasteiger partial charge in [0.2, 0.25) is 0 Å². The van der Waals surface area contributed by atoms with Gasteiger partial charge >= 0.3 is 0 Å². The molecule has 0 fully saturated rings. The predicted molar refractivity (Wildman–Crippen MR) is 122 cm³/mol. The minimum Gasteiger partial charge on any atom is -0.401 e. The minimum atomic E-state index is -0.331. The van der Waals surface area contributed by atoms with Crippen LogP contribution in [-0.4, -0.2) is 26.3 Å². The van der Waals surface area contributed by atoms with E-state index < -0.39 is 0 Å². The van der Waals surface area contributed by atoms with Crippen molar-refractivity contribution in [3.8, 4) is 23.1 Å². The summed E-state index contributed by atoms with van der Waals surface area (Å²) in [4.78, 5) is 12.4. The molecule has 2 aromatic carbocycles. The number of nitriles is 1. The molecule has 30 heavy (non-hydrogen) atoms. The maximum Gasteiger partial charge on any atom is 0.196 e. The molecule has 0 aliphatic heterocycles. The third kappa shape index (κ3) is 4.81. The molecule has 0 unspecified atom stereocenters. The summed E-state index contributed by atoms with van der Waals surface area (Å²) in [6.45, 7) is 5.61. The first-order chi connectivity index (χ1) is 14.3. The van der Waals surface area contributed by atoms with Crippen LogP contribution in [0, 0.1) is 25.2 Å². The van der Waals surface area contributed by atoms with E-state index in [0.29, 0.717) is 11.0 Å². The Balaban J connectivity index is 2.06. The molecule has 0 radical (unpaired) electrons. The third-order valence-corrected chi connectivity index (χ3v) is 5.78. The highest BCUT2D eigenvalue weighted by molar-refractivity contribution is 9.10. The zero-order valence-corrected chi connectivity index (χ0v) is 19.2. The van der Waals surface area contributed by atoms with E-state index in [0.717, 1.165) is 26.9 Å². The van der Waals surface area contributed by atoms with E-state index in [4.69, 9.17) is 5.73 Å². The summed E-state index contributed by atoms with van der Waals surface area (Å²) in [5.74, 6) is 0.386. The number of nitrogens with two attached hydrogens (primary N) is 1. The summed E-state index contributed by atoms with van der Waals surface area (Å²) in [5.41, 5.74) is 9.89. The van der Waals surface area contributed by atoms with E-state index in [1.807, 2.05) is 48.7 Å². The number of ketones is 1. The van der Waals surface area contributed by atoms with Crippen LogP contribution in [0.15, 0.2) is 63.4 Å². The molecule has 8 heteroatoms. The Kier molecular flexibility index (Phi) is 6.75. The molecule has 0 bridgehead atoms. The Morgan fingerprint density at radius 3 is 2.37 bits per heavy atom. The quantitative estimate of drug-likeness (QED) is 0.310. The average Bonchev–Trinajstić information content (AvgIpc) is 3.10. The molecular formula is C22H20BrN5OS. The normalized spacial score (nSPS) is 11.7. The number of Topliss-reactive ketones (excluding diaryl/α,β-unsaturated/α-hetero) is 1. The number of halogens is 1. The fourth-order valence-electron chi connectivity index (χ4n) is 3.03. The SMILES string of the molecule is C/C(N)=C(/C#N)C(=O)CSc1nnc(-c2ccc(Br)cc2)n1-c1cc(C)cc(C)c1. The number of carbonyl (C=O) groups excluding carboxylic acids is 1. The van der Waals surface area contributed by atoms with Gasteiger partial charge in [-0.05, 0) is 56.2 Å². The fourth-order valence-corrected chi connectivity index (χ4v) is 4.12. The highest BCUT2D eigenvalue weighted by Crippen LogP contribution is 2.30. The standard InChI is InChI=1S/C22H20BrN5OS/c1-13-8-14(2)10-18(9-13)28-21(16-4-6-17(23)7-5-16)26-27-22(28)30-12-20(29)19(11-24)15(3)25/h4-10H,12,25H2,1-3H3/b19-15+. The van der Waals surface area contributed by atoms with Gasteiger partial charge in [-0.25, -0.2) is 0 Å². The summed E-state index contributed by atoms with van der Waals surface area (Å²) in [5, 5.41) is 18.5. The number of carbonyl (C=O) groups is 1. The molecule has 152 valence electrons. The van der Waals surface area contributed by atoms with Crippen molar-refractivity contribution >= 4 is 33.5 Å². The fraction of sp³-hybridized carbons (Fsp3) is 0.182. The number of rotatable bonds is 6. The van der Waals surface area contributed by atoms with E-state index in [9.17, 15) is 10.1 Å². The van der Waals surface area contributed by atoms with Gasteiger partial charge in [0.1, 0.15) is 11.6 Å². The number of hydrogen-bond acceptors (Lipinski definition) is 6. The zero-order chi connectivity index (χ0) is 21.8. The molecule has 0 atom stereocenters. The Morgan fingerprint density at radius 1 is 1.17 bits per heavy atom. The molecule has 3 rings (SSSR count). The topological polar surface area (TPSA) is 97.6 Å². The van der Waals surface area contributed by atoms with Crippen molar-refractivity contribution in [1.82, 2.24) is 14.8 Å². The van der Waals surface area contributed by atoms with Crippen molar-refractivity contribution < 1.29 is 4.79 Å². The van der Waals surface area contributed by atoms with Crippen LogP contribution in [0.5, 0.6) is 0 Å². The summed E-state index contributed by atoms with van der Waals surface area (Å²) in [7, 11) is 0. The smallest absolute Gasteiger partial charge is 0.196 e. The number of benzene rings is 2. The largest absolute Gasteiger partial charge is 0.401 e. The maximum absolute atomic E-state index is 12.4. The van der Waals surface area contributed by atoms with E-state index in [-0.39, 0.29) is 22.8 Å². The molecular weight excluding hydrogens is 462 g/mol. The van der Waals surface area contributed by atoms with Crippen LogP contribution < -0.4 is 5.73 Å². The van der Waals surface area contributed by atoms with Gasteiger partial charge < -0.3 is 5.73 Å². The molecule has 0 saturated carbocycles. The highest BCUT2D eigenvalue weighted by atomic mass is 79.9. The molecule has 0 spiro atoms. The van der Waals surface area contributed by atoms with Crippen molar-refractivity contribution in [3.63, 3.8) is 0 Å². The number of nitrogens with zero attached hydrogens (tertiary/aromatic N) is 4. The molecule has 0 aliphatic carbocycles. The average molecular weight is 482 g/mol. The van der Waals surface area contributed by atoms with E-state index >= 15 is 0 Å². The molecule has 0 aliphatic rings. The van der Waals surface area contributed by atoms with Gasteiger partial charge in [-0.2, -0.15) is 5.26 Å². The van der Waals surface area contributed by atoms with Crippen molar-refractivity contribution in [1.29, 1.82) is 5.26 Å². The Morgan fingerprint density at radius 2 is 1.80 bits per heavy atom. The van der Waals surface area contributed by atoms with Gasteiger partial charge in [-0.3, -0.25) is 9.36 Å². The van der Waals surface area contributed by atoms with Crippen molar-refractivity contribution in [2.45, 2.75) is 25.9 Å². The first-order valence-corrected chi connectivity index (χ1v) is 10.9. The Bertz CT molecular complexity index is 1150. The van der Waals surface area contributed by atoms with Crippen LogP contribution in [0.3, 0.4) is 0 Å². The lowest BCUT2D eigenvalue weighted by Gasteiger charge is -2.12. The number of allylic oxidation sites excluding steroid dienone is 2. The Labute approximate surface area is 187 Å². The van der Waals surface area contributed by atoms with Gasteiger partial charge in [0.25, 0.3) is 0 Å². The third-order valence-electron chi connectivity index (χ3n) is 4.32. The highest BCUT2D eigenvalue weighted by Gasteiger charge is 2.19. The second-order valence-corrected chi connectivity index (χ2v) is 8.73. The predicted octanol–water partition coefficient (Wildman–Crippen LogP) is 4.73. The molecule has 3 aromatic rings. The van der Waals surface area contributed by atoms with E-state index in [1.165, 1.54) is 11.8 Å². The lowest BCUT2D eigenvalue weighted by molar-refractivity contribution is -0.112. The summed E-state index contributed by atoms with van der Waals surface area (Å²) >= 11 is 4.68. The number of aryl methyl sites for hydroxylation is 2. The molecule has 2 N–H and O–H groups in total. The summed E-state index contributed by atoms with van der Waals surface area (Å²) in [6.07, 6.45) is 0. The van der Waals surface area contributed by atoms with Crippen LogP contribution >= 0.6 is 27.7 Å². The van der Waals surface area contributed by atoms with E-state index in [1.54, 1.807) is 6.92 Å². The summed E-state index contributed by atoms with van der Waals surface area (Å²) in [6, 6.07) is 15.9. The van der Waals surface area contributed by atoms with Crippen LogP contribution in [0.25, 0.3) is 17.1 Å². The monoisotopic (exact) mass is 481 g/mol. The molecule has 1 heterocycles. The van der Waals surface area contributed by atoms with Crippen molar-refractivity contribution in [2.24, 2.45) is 5.73 Å². The summed E-state index contributed by atoms with van der Waals surface area (Å²) < 4.78 is 2.91. The molecule has 1 aromatic heterocycles. The number of hydrogen-bond donors (Lipinski definition) is 1. The minimum absolute atomic E-state index is 0.0203. The van der Waals surface area contributed by atoms with Gasteiger partial charge in [-0.15, -0.1) is 10.2 Å². The van der Waals surface area contributed by atoms with Crippen LogP contribution in [0.1, 0.15) is 18.1 Å². The second-order valence-electron chi connectivity index (χ2n) is 6.88. The second kappa shape index (κ2) is 9.28. The molecule has 0 saturated heterocycles. The van der Waals surface area contributed by atoms with Crippen molar-refractivity contribution in [2.75, 3.05) is 5.75 Å². The lowest BCUT2D eigenvalue weighted by Crippen LogP contribution is -2.11. The van der Waals surface area contributed by atoms with E-state index in [2.05, 4.69) is 44.3 Å². The molecule has 0 amide bonds. The zero-order valence-electron chi connectivity index (χ0n) is 16.8. The number of aromatic nitrogens is 3. The van der Waals surface area contributed by atoms with Gasteiger partial charge in [-0.1, -0.05) is 45.9 Å². The van der Waals surface area contributed by atoms with Crippen molar-refractivity contribution in [3.05, 3.63) is 69.3 Å². The first-order valence-electron chi connectivity index (χ1n) is 9.12. The molecule has 6 nitrogen and oxygen atoms in total. The lowest BCUT2D eigenvalue weighted by atomic mass is 10.1. The van der Waals surface area contributed by atoms with Crippen LogP contribution in [-0.2, 0) is 4.79 Å².